The lowest BCUT2D eigenvalue weighted by Crippen LogP contribution is -2.45. The SMILES string of the molecule is NC(=O)c1ccc(CN2CCOCC2CC(=O)O)cc1. The van der Waals surface area contributed by atoms with Crippen LogP contribution in [-0.4, -0.2) is 47.7 Å². The first-order valence-electron chi connectivity index (χ1n) is 6.48. The van der Waals surface area contributed by atoms with Crippen molar-refractivity contribution in [1.82, 2.24) is 4.90 Å². The van der Waals surface area contributed by atoms with E-state index in [2.05, 4.69) is 4.90 Å². The molecule has 2 rings (SSSR count). The minimum absolute atomic E-state index is 0.0688. The molecule has 0 aromatic heterocycles. The first kappa shape index (κ1) is 14.5. The molecular formula is C14H18N2O4. The highest BCUT2D eigenvalue weighted by atomic mass is 16.5. The predicted octanol–water partition coefficient (Wildman–Crippen LogP) is 0.461. The van der Waals surface area contributed by atoms with Crippen molar-refractivity contribution in [3.05, 3.63) is 35.4 Å². The number of morpholine rings is 1. The van der Waals surface area contributed by atoms with Crippen LogP contribution >= 0.6 is 0 Å². The predicted molar refractivity (Wildman–Crippen MR) is 72.2 cm³/mol. The summed E-state index contributed by atoms with van der Waals surface area (Å²) >= 11 is 0. The molecule has 0 aliphatic carbocycles. The maximum atomic E-state index is 11.0. The Morgan fingerprint density at radius 1 is 1.35 bits per heavy atom. The molecular weight excluding hydrogens is 260 g/mol. The van der Waals surface area contributed by atoms with E-state index in [1.165, 1.54) is 0 Å². The molecule has 1 unspecified atom stereocenters. The highest BCUT2D eigenvalue weighted by Gasteiger charge is 2.25. The topological polar surface area (TPSA) is 92.9 Å². The van der Waals surface area contributed by atoms with Gasteiger partial charge in [-0.25, -0.2) is 0 Å². The van der Waals surface area contributed by atoms with Gasteiger partial charge in [0.15, 0.2) is 0 Å². The third-order valence-corrected chi connectivity index (χ3v) is 3.38. The molecule has 1 amide bonds. The third-order valence-electron chi connectivity index (χ3n) is 3.38. The largest absolute Gasteiger partial charge is 0.481 e. The Morgan fingerprint density at radius 2 is 2.05 bits per heavy atom. The lowest BCUT2D eigenvalue weighted by Gasteiger charge is -2.34. The number of rotatable bonds is 5. The van der Waals surface area contributed by atoms with E-state index in [9.17, 15) is 9.59 Å². The lowest BCUT2D eigenvalue weighted by molar-refractivity contribution is -0.140. The van der Waals surface area contributed by atoms with Gasteiger partial charge in [-0.2, -0.15) is 0 Å². The van der Waals surface area contributed by atoms with Crippen molar-refractivity contribution in [2.45, 2.75) is 19.0 Å². The maximum absolute atomic E-state index is 11.0. The second-order valence-electron chi connectivity index (χ2n) is 4.86. The summed E-state index contributed by atoms with van der Waals surface area (Å²) < 4.78 is 5.34. The molecule has 1 fully saturated rings. The highest BCUT2D eigenvalue weighted by Crippen LogP contribution is 2.15. The number of hydrogen-bond acceptors (Lipinski definition) is 4. The summed E-state index contributed by atoms with van der Waals surface area (Å²) in [5.41, 5.74) is 6.68. The van der Waals surface area contributed by atoms with Crippen LogP contribution in [0.2, 0.25) is 0 Å². The van der Waals surface area contributed by atoms with Crippen molar-refractivity contribution >= 4 is 11.9 Å². The molecule has 1 heterocycles. The van der Waals surface area contributed by atoms with Crippen LogP contribution in [0.15, 0.2) is 24.3 Å². The Kier molecular flexibility index (Phi) is 4.70. The van der Waals surface area contributed by atoms with E-state index in [0.29, 0.717) is 31.9 Å². The van der Waals surface area contributed by atoms with Crippen LogP contribution in [0.3, 0.4) is 0 Å². The van der Waals surface area contributed by atoms with E-state index >= 15 is 0 Å². The molecule has 108 valence electrons. The standard InChI is InChI=1S/C14H18N2O4/c15-14(19)11-3-1-10(2-4-11)8-16-5-6-20-9-12(16)7-13(17)18/h1-4,12H,5-9H2,(H2,15,19)(H,17,18). The van der Waals surface area contributed by atoms with Crippen molar-refractivity contribution < 1.29 is 19.4 Å². The average Bonchev–Trinajstić information content (AvgIpc) is 2.41. The number of carboxylic acids is 1. The number of ether oxygens (including phenoxy) is 1. The molecule has 6 heteroatoms. The van der Waals surface area contributed by atoms with E-state index in [0.717, 1.165) is 5.56 Å². The van der Waals surface area contributed by atoms with Crippen molar-refractivity contribution in [2.75, 3.05) is 19.8 Å². The molecule has 1 saturated heterocycles. The first-order valence-corrected chi connectivity index (χ1v) is 6.48. The molecule has 1 aromatic carbocycles. The molecule has 0 radical (unpaired) electrons. The van der Waals surface area contributed by atoms with Gasteiger partial charge in [0.05, 0.1) is 19.6 Å². The van der Waals surface area contributed by atoms with Crippen LogP contribution in [0.4, 0.5) is 0 Å². The zero-order valence-electron chi connectivity index (χ0n) is 11.1. The van der Waals surface area contributed by atoms with Gasteiger partial charge in [0, 0.05) is 24.7 Å². The minimum atomic E-state index is -0.824. The van der Waals surface area contributed by atoms with Crippen molar-refractivity contribution in [3.8, 4) is 0 Å². The monoisotopic (exact) mass is 278 g/mol. The molecule has 0 spiro atoms. The van der Waals surface area contributed by atoms with Gasteiger partial charge < -0.3 is 15.6 Å². The number of nitrogens with zero attached hydrogens (tertiary/aromatic N) is 1. The van der Waals surface area contributed by atoms with E-state index in [-0.39, 0.29) is 12.5 Å². The molecule has 1 aliphatic heterocycles. The van der Waals surface area contributed by atoms with E-state index < -0.39 is 11.9 Å². The maximum Gasteiger partial charge on any atom is 0.305 e. The normalized spacial score (nSPS) is 19.7. The van der Waals surface area contributed by atoms with Crippen LogP contribution < -0.4 is 5.73 Å². The number of aliphatic carboxylic acids is 1. The summed E-state index contributed by atoms with van der Waals surface area (Å²) in [5, 5.41) is 8.91. The minimum Gasteiger partial charge on any atom is -0.481 e. The average molecular weight is 278 g/mol. The van der Waals surface area contributed by atoms with Crippen LogP contribution in [0.5, 0.6) is 0 Å². The van der Waals surface area contributed by atoms with Gasteiger partial charge in [0.25, 0.3) is 0 Å². The van der Waals surface area contributed by atoms with Gasteiger partial charge in [0.2, 0.25) is 5.91 Å². The lowest BCUT2D eigenvalue weighted by atomic mass is 10.1. The van der Waals surface area contributed by atoms with Gasteiger partial charge >= 0.3 is 5.97 Å². The number of carboxylic acid groups (broad SMARTS) is 1. The summed E-state index contributed by atoms with van der Waals surface area (Å²) in [6, 6.07) is 6.94. The molecule has 1 aliphatic rings. The smallest absolute Gasteiger partial charge is 0.305 e. The quantitative estimate of drug-likeness (QED) is 0.816. The number of primary amides is 1. The summed E-state index contributed by atoms with van der Waals surface area (Å²) in [4.78, 5) is 24.0. The number of nitrogens with two attached hydrogens (primary N) is 1. The summed E-state index contributed by atoms with van der Waals surface area (Å²) in [7, 11) is 0. The van der Waals surface area contributed by atoms with Crippen molar-refractivity contribution in [1.29, 1.82) is 0 Å². The Bertz CT molecular complexity index is 486. The first-order chi connectivity index (χ1) is 9.56. The Hall–Kier alpha value is -1.92. The Labute approximate surface area is 117 Å². The number of benzene rings is 1. The molecule has 6 nitrogen and oxygen atoms in total. The van der Waals surface area contributed by atoms with E-state index in [1.807, 2.05) is 12.1 Å². The molecule has 1 atom stereocenters. The van der Waals surface area contributed by atoms with Crippen molar-refractivity contribution in [2.24, 2.45) is 5.73 Å². The molecule has 0 bridgehead atoms. The summed E-state index contributed by atoms with van der Waals surface area (Å²) in [6.07, 6.45) is 0.0688. The summed E-state index contributed by atoms with van der Waals surface area (Å²) in [5.74, 6) is -1.28. The van der Waals surface area contributed by atoms with Gasteiger partial charge in [-0.1, -0.05) is 12.1 Å². The molecule has 0 saturated carbocycles. The van der Waals surface area contributed by atoms with Crippen LogP contribution in [0.25, 0.3) is 0 Å². The molecule has 20 heavy (non-hydrogen) atoms. The van der Waals surface area contributed by atoms with Gasteiger partial charge in [-0.3, -0.25) is 14.5 Å². The van der Waals surface area contributed by atoms with Gasteiger partial charge in [-0.05, 0) is 17.7 Å². The fourth-order valence-corrected chi connectivity index (χ4v) is 2.30. The molecule has 1 aromatic rings. The second kappa shape index (κ2) is 6.49. The fraction of sp³-hybridized carbons (Fsp3) is 0.429. The van der Waals surface area contributed by atoms with Crippen LogP contribution in [0, 0.1) is 0 Å². The zero-order valence-corrected chi connectivity index (χ0v) is 11.1. The van der Waals surface area contributed by atoms with Crippen LogP contribution in [-0.2, 0) is 16.1 Å². The van der Waals surface area contributed by atoms with E-state index in [1.54, 1.807) is 12.1 Å². The zero-order chi connectivity index (χ0) is 14.5. The van der Waals surface area contributed by atoms with Crippen molar-refractivity contribution in [3.63, 3.8) is 0 Å². The van der Waals surface area contributed by atoms with Gasteiger partial charge in [0.1, 0.15) is 0 Å². The third kappa shape index (κ3) is 3.79. The molecule has 3 N–H and O–H groups in total. The Balaban J connectivity index is 2.02. The highest BCUT2D eigenvalue weighted by molar-refractivity contribution is 5.92. The summed E-state index contributed by atoms with van der Waals surface area (Å²) in [6.45, 7) is 2.39. The number of carbonyl (C=O) groups is 2. The number of amides is 1. The van der Waals surface area contributed by atoms with E-state index in [4.69, 9.17) is 15.6 Å². The second-order valence-corrected chi connectivity index (χ2v) is 4.86. The number of carbonyl (C=O) groups excluding carboxylic acids is 1. The fourth-order valence-electron chi connectivity index (χ4n) is 2.30. The Morgan fingerprint density at radius 3 is 2.65 bits per heavy atom. The number of hydrogen-bond donors (Lipinski definition) is 2. The van der Waals surface area contributed by atoms with Gasteiger partial charge in [-0.15, -0.1) is 0 Å². The van der Waals surface area contributed by atoms with Crippen LogP contribution in [0.1, 0.15) is 22.3 Å².